The summed E-state index contributed by atoms with van der Waals surface area (Å²) < 4.78 is -0.735. The van der Waals surface area contributed by atoms with Gasteiger partial charge in [-0.15, -0.1) is 0 Å². The van der Waals surface area contributed by atoms with Crippen LogP contribution in [0.1, 0.15) is 25.7 Å². The van der Waals surface area contributed by atoms with Gasteiger partial charge in [0.15, 0.2) is 4.46 Å². The van der Waals surface area contributed by atoms with Crippen molar-refractivity contribution in [2.75, 3.05) is 59.9 Å². The number of rotatable bonds is 0. The zero-order chi connectivity index (χ0) is 15.3. The molecule has 2 saturated heterocycles. The molecule has 2 fully saturated rings. The van der Waals surface area contributed by atoms with Crippen molar-refractivity contribution in [2.45, 2.75) is 36.2 Å². The summed E-state index contributed by atoms with van der Waals surface area (Å²) in [5.41, 5.74) is 0. The van der Waals surface area contributed by atoms with Crippen LogP contribution in [0.2, 0.25) is 0 Å². The average molecular weight is 392 g/mol. The van der Waals surface area contributed by atoms with E-state index in [1.54, 1.807) is 0 Å². The third kappa shape index (κ3) is 6.82. The monoisotopic (exact) mass is 391 g/mol. The van der Waals surface area contributed by atoms with Crippen molar-refractivity contribution in [3.8, 4) is 0 Å². The molecule has 1 N–H and O–H groups in total. The zero-order valence-corrected chi connectivity index (χ0v) is 16.5. The van der Waals surface area contributed by atoms with E-state index in [9.17, 15) is 0 Å². The van der Waals surface area contributed by atoms with E-state index in [0.29, 0.717) is 6.04 Å². The number of nitrogens with one attached hydrogen (secondary N) is 1. The molecule has 2 heterocycles. The van der Waals surface area contributed by atoms with Gasteiger partial charge in [0.1, 0.15) is 0 Å². The molecular formula is C15H30Cl2MnN4. The Morgan fingerprint density at radius 3 is 2.36 bits per heavy atom. The molecule has 0 aliphatic carbocycles. The van der Waals surface area contributed by atoms with E-state index in [0.717, 1.165) is 58.5 Å². The van der Waals surface area contributed by atoms with Crippen molar-refractivity contribution in [1.29, 1.82) is 0 Å². The Morgan fingerprint density at radius 1 is 0.909 bits per heavy atom. The number of hydrogen-bond acceptors (Lipinski definition) is 4. The summed E-state index contributed by atoms with van der Waals surface area (Å²) in [6.07, 6.45) is 4.25. The van der Waals surface area contributed by atoms with Crippen molar-refractivity contribution in [3.05, 3.63) is 0 Å². The smallest absolute Gasteiger partial charge is 0.172 e. The minimum atomic E-state index is -0.735. The molecule has 0 amide bonds. The predicted octanol–water partition coefficient (Wildman–Crippen LogP) is 1.83. The van der Waals surface area contributed by atoms with Crippen LogP contribution >= 0.6 is 23.2 Å². The summed E-state index contributed by atoms with van der Waals surface area (Å²) in [7, 11) is 4.36. The van der Waals surface area contributed by atoms with Crippen molar-refractivity contribution in [3.63, 3.8) is 0 Å². The fourth-order valence-electron chi connectivity index (χ4n) is 3.17. The van der Waals surface area contributed by atoms with Gasteiger partial charge in [-0.05, 0) is 46.4 Å². The van der Waals surface area contributed by atoms with Crippen LogP contribution in [0.5, 0.6) is 0 Å². The molecule has 1 radical (unpaired) electrons. The second kappa shape index (κ2) is 10.0. The Kier molecular flexibility index (Phi) is 9.58. The number of likely N-dealkylation sites (N-methyl/N-ethyl adjacent to an activating group) is 1. The predicted molar refractivity (Wildman–Crippen MR) is 91.3 cm³/mol. The summed E-state index contributed by atoms with van der Waals surface area (Å²) >= 11 is 13.3. The van der Waals surface area contributed by atoms with Crippen LogP contribution in [-0.4, -0.2) is 85.1 Å². The van der Waals surface area contributed by atoms with Crippen LogP contribution in [0, 0.1) is 0 Å². The number of alkyl halides is 2. The minimum absolute atomic E-state index is 0. The van der Waals surface area contributed by atoms with E-state index in [4.69, 9.17) is 23.2 Å². The Labute approximate surface area is 156 Å². The number of hydrogen-bond donors (Lipinski definition) is 1. The van der Waals surface area contributed by atoms with Crippen LogP contribution in [0.25, 0.3) is 0 Å². The van der Waals surface area contributed by atoms with E-state index in [-0.39, 0.29) is 17.1 Å². The molecule has 0 saturated carbocycles. The summed E-state index contributed by atoms with van der Waals surface area (Å²) in [6.45, 7) is 7.29. The fourth-order valence-corrected chi connectivity index (χ4v) is 3.68. The first-order valence-electron chi connectivity index (χ1n) is 8.21. The topological polar surface area (TPSA) is 21.8 Å². The molecule has 7 heteroatoms. The molecule has 2 bridgehead atoms. The summed E-state index contributed by atoms with van der Waals surface area (Å²) in [5.74, 6) is 0. The Balaban J connectivity index is 0.00000242. The summed E-state index contributed by atoms with van der Waals surface area (Å²) in [5, 5.41) is 3.72. The maximum atomic E-state index is 6.67. The SMILES string of the molecule is CN1CCCN2CCC(CC1)NCCN(C)CCC2(Cl)Cl.[Mn]. The van der Waals surface area contributed by atoms with Gasteiger partial charge in [0, 0.05) is 62.3 Å². The largest absolute Gasteiger partial charge is 0.313 e. The molecule has 2 rings (SSSR count). The molecule has 4 nitrogen and oxygen atoms in total. The Morgan fingerprint density at radius 2 is 1.59 bits per heavy atom. The van der Waals surface area contributed by atoms with E-state index in [1.165, 1.54) is 13.0 Å². The van der Waals surface area contributed by atoms with E-state index in [2.05, 4.69) is 34.1 Å². The molecule has 2 aliphatic heterocycles. The van der Waals surface area contributed by atoms with Gasteiger partial charge in [-0.1, -0.05) is 23.2 Å². The van der Waals surface area contributed by atoms with Crippen LogP contribution < -0.4 is 5.32 Å². The molecule has 0 aromatic rings. The van der Waals surface area contributed by atoms with Gasteiger partial charge in [0.05, 0.1) is 0 Å². The van der Waals surface area contributed by atoms with Crippen LogP contribution in [-0.2, 0) is 17.1 Å². The number of nitrogens with zero attached hydrogens (tertiary/aromatic N) is 3. The second-order valence-electron chi connectivity index (χ2n) is 6.59. The standard InChI is InChI=1S/C15H30Cl2N4.Mn/c1-19-8-3-9-21-11-5-14(4-10-19)18-7-13-20(2)12-6-15(21,16)17;/h14,18H,3-13H2,1-2H3;. The third-order valence-electron chi connectivity index (χ3n) is 4.76. The zero-order valence-electron chi connectivity index (χ0n) is 13.8. The normalized spacial score (nSPS) is 32.7. The van der Waals surface area contributed by atoms with Crippen LogP contribution in [0.3, 0.4) is 0 Å². The van der Waals surface area contributed by atoms with Gasteiger partial charge in [0.2, 0.25) is 0 Å². The first-order valence-corrected chi connectivity index (χ1v) is 8.96. The third-order valence-corrected chi connectivity index (χ3v) is 5.61. The molecule has 131 valence electrons. The van der Waals surface area contributed by atoms with E-state index < -0.39 is 4.46 Å². The van der Waals surface area contributed by atoms with Crippen molar-refractivity contribution in [1.82, 2.24) is 20.0 Å². The molecule has 2 unspecified atom stereocenters. The van der Waals surface area contributed by atoms with Crippen molar-refractivity contribution >= 4 is 23.2 Å². The minimum Gasteiger partial charge on any atom is -0.313 e. The number of halogens is 2. The first kappa shape index (κ1) is 21.0. The molecule has 0 aromatic carbocycles. The van der Waals surface area contributed by atoms with Gasteiger partial charge >= 0.3 is 0 Å². The van der Waals surface area contributed by atoms with Gasteiger partial charge in [-0.3, -0.25) is 4.90 Å². The Hall–Kier alpha value is 0.939. The van der Waals surface area contributed by atoms with Gasteiger partial charge in [-0.2, -0.15) is 0 Å². The van der Waals surface area contributed by atoms with Gasteiger partial charge in [0.25, 0.3) is 0 Å². The summed E-state index contributed by atoms with van der Waals surface area (Å²) in [6, 6.07) is 0.559. The quantitative estimate of drug-likeness (QED) is 0.386. The van der Waals surface area contributed by atoms with Gasteiger partial charge < -0.3 is 15.1 Å². The number of fused-ring (bicyclic) bond motifs is 3. The molecular weight excluding hydrogens is 362 g/mol. The van der Waals surface area contributed by atoms with E-state index in [1.807, 2.05) is 0 Å². The Bertz CT molecular complexity index is 320. The second-order valence-corrected chi connectivity index (χ2v) is 8.04. The first-order chi connectivity index (χ1) is 9.97. The van der Waals surface area contributed by atoms with Crippen LogP contribution in [0.15, 0.2) is 0 Å². The van der Waals surface area contributed by atoms with E-state index >= 15 is 0 Å². The molecule has 2 atom stereocenters. The molecule has 0 spiro atoms. The van der Waals surface area contributed by atoms with Crippen molar-refractivity contribution < 1.29 is 17.1 Å². The van der Waals surface area contributed by atoms with Crippen molar-refractivity contribution in [2.24, 2.45) is 0 Å². The molecule has 0 aromatic heterocycles. The van der Waals surface area contributed by atoms with Gasteiger partial charge in [-0.25, -0.2) is 0 Å². The summed E-state index contributed by atoms with van der Waals surface area (Å²) in [4.78, 5) is 7.02. The average Bonchev–Trinajstić information content (AvgIpc) is 2.46. The molecule has 22 heavy (non-hydrogen) atoms. The maximum absolute atomic E-state index is 6.67. The fraction of sp³-hybridized carbons (Fsp3) is 1.00. The maximum Gasteiger partial charge on any atom is 0.172 e. The molecule has 2 aliphatic rings. The van der Waals surface area contributed by atoms with Crippen LogP contribution in [0.4, 0.5) is 0 Å².